The van der Waals surface area contributed by atoms with Crippen molar-refractivity contribution in [3.05, 3.63) is 68.1 Å². The van der Waals surface area contributed by atoms with Crippen LogP contribution in [0.4, 0.5) is 18.9 Å². The molecule has 3 aromatic rings. The second kappa shape index (κ2) is 12.0. The summed E-state index contributed by atoms with van der Waals surface area (Å²) in [4.78, 5) is 58.0. The Bertz CT molecular complexity index is 1670. The van der Waals surface area contributed by atoms with Crippen LogP contribution < -0.4 is 19.2 Å². The molecule has 4 heterocycles. The minimum absolute atomic E-state index is 0.139. The van der Waals surface area contributed by atoms with E-state index in [2.05, 4.69) is 4.98 Å². The van der Waals surface area contributed by atoms with E-state index >= 15 is 0 Å². The Kier molecular flexibility index (Phi) is 8.22. The quantitative estimate of drug-likeness (QED) is 0.358. The number of likely N-dealkylation sites (tertiary alicyclic amines) is 1. The molecule has 3 aliphatic rings. The lowest BCUT2D eigenvalue weighted by atomic mass is 9.83. The van der Waals surface area contributed by atoms with Crippen molar-refractivity contribution >= 4 is 46.5 Å². The number of nitrogens with one attached hydrogen (secondary N) is 1. The smallest absolute Gasteiger partial charge is 0.418 e. The first-order valence-corrected chi connectivity index (χ1v) is 15.9. The first-order chi connectivity index (χ1) is 21.1. The van der Waals surface area contributed by atoms with Crippen LogP contribution in [-0.2, 0) is 20.6 Å². The minimum Gasteiger partial charge on any atom is -0.490 e. The molecule has 3 unspecified atom stereocenters. The van der Waals surface area contributed by atoms with Gasteiger partial charge in [-0.3, -0.25) is 19.2 Å². The third-order valence-corrected chi connectivity index (χ3v) is 10.4. The van der Waals surface area contributed by atoms with E-state index in [1.54, 1.807) is 30.0 Å². The van der Waals surface area contributed by atoms with Crippen molar-refractivity contribution in [2.75, 3.05) is 31.2 Å². The lowest BCUT2D eigenvalue weighted by Gasteiger charge is -2.30. The number of thioether (sulfide) groups is 1. The van der Waals surface area contributed by atoms with Gasteiger partial charge in [0, 0.05) is 23.9 Å². The summed E-state index contributed by atoms with van der Waals surface area (Å²) >= 11 is 1.86. The van der Waals surface area contributed by atoms with Crippen LogP contribution in [0.3, 0.4) is 0 Å². The molecule has 0 radical (unpaired) electrons. The summed E-state index contributed by atoms with van der Waals surface area (Å²) in [7, 11) is 0. The summed E-state index contributed by atoms with van der Waals surface area (Å²) in [6, 6.07) is 9.39. The summed E-state index contributed by atoms with van der Waals surface area (Å²) in [5.74, 6) is -3.03. The predicted octanol–water partition coefficient (Wildman–Crippen LogP) is 5.04. The number of fused-ring (bicyclic) bond motifs is 2. The number of imide groups is 1. The summed E-state index contributed by atoms with van der Waals surface area (Å²) in [6.07, 6.45) is -1.82. The Morgan fingerprint density at radius 2 is 1.75 bits per heavy atom. The Morgan fingerprint density at radius 3 is 2.48 bits per heavy atom. The normalized spacial score (nSPS) is 21.7. The fourth-order valence-electron chi connectivity index (χ4n) is 6.00. The zero-order chi connectivity index (χ0) is 31.2. The molecule has 0 saturated carbocycles. The van der Waals surface area contributed by atoms with Gasteiger partial charge in [-0.05, 0) is 56.0 Å². The number of aromatic nitrogens is 1. The van der Waals surface area contributed by atoms with Crippen molar-refractivity contribution in [3.63, 3.8) is 0 Å². The van der Waals surface area contributed by atoms with E-state index < -0.39 is 46.3 Å². The lowest BCUT2D eigenvalue weighted by Crippen LogP contribution is -2.38. The van der Waals surface area contributed by atoms with E-state index in [1.807, 2.05) is 0 Å². The molecule has 44 heavy (non-hydrogen) atoms. The maximum Gasteiger partial charge on any atom is 0.418 e. The number of ether oxygens (including phenoxy) is 2. The second-order valence-electron chi connectivity index (χ2n) is 10.6. The highest BCUT2D eigenvalue weighted by Crippen LogP contribution is 2.54. The topological polar surface area (TPSA) is 109 Å². The number of para-hydroxylation sites is 1. The van der Waals surface area contributed by atoms with Gasteiger partial charge in [0.2, 0.25) is 11.8 Å². The van der Waals surface area contributed by atoms with Gasteiger partial charge in [0.25, 0.3) is 5.91 Å². The SMILES string of the molecule is CCOc1cc(C2c3sc(=O)[nH]c3SC3C(=O)N(c4ccccc4C(F)(F)F)C(=O)C32)ccc1OCC(=O)N1CCCCC1. The molecule has 2 saturated heterocycles. The number of piperidine rings is 1. The number of carbonyl (C=O) groups excluding carboxylic acids is 3. The monoisotopic (exact) mass is 647 g/mol. The number of alkyl halides is 3. The number of amides is 3. The van der Waals surface area contributed by atoms with Crippen LogP contribution in [0.1, 0.15) is 48.1 Å². The van der Waals surface area contributed by atoms with Gasteiger partial charge < -0.3 is 19.4 Å². The number of anilines is 1. The van der Waals surface area contributed by atoms with Crippen molar-refractivity contribution < 1.29 is 37.0 Å². The van der Waals surface area contributed by atoms with Gasteiger partial charge in [-0.1, -0.05) is 41.3 Å². The standard InChI is InChI=1S/C30H28F3N3O6S2/c1-2-41-20-14-16(10-11-19(20)42-15-21(37)35-12-6-3-7-13-35)22-23-25(43-26-24(22)44-29(40)34-26)28(39)36(27(23)38)18-9-5-4-8-17(18)30(31,32)33/h4-5,8-11,14,22-23,25H,2-3,6-7,12-13,15H2,1H3,(H,34,40). The maximum absolute atomic E-state index is 14.0. The van der Waals surface area contributed by atoms with Gasteiger partial charge in [-0.25, -0.2) is 4.90 Å². The summed E-state index contributed by atoms with van der Waals surface area (Å²) in [6.45, 7) is 3.21. The molecule has 3 atom stereocenters. The average molecular weight is 648 g/mol. The van der Waals surface area contributed by atoms with Crippen LogP contribution in [-0.4, -0.2) is 59.2 Å². The number of hydrogen-bond donors (Lipinski definition) is 1. The Hall–Kier alpha value is -3.78. The molecule has 232 valence electrons. The highest BCUT2D eigenvalue weighted by atomic mass is 32.2. The van der Waals surface area contributed by atoms with Gasteiger partial charge in [-0.2, -0.15) is 13.2 Å². The Labute approximate surface area is 258 Å². The van der Waals surface area contributed by atoms with E-state index in [0.717, 1.165) is 54.5 Å². The van der Waals surface area contributed by atoms with Crippen molar-refractivity contribution in [2.45, 2.75) is 48.6 Å². The van der Waals surface area contributed by atoms with Crippen molar-refractivity contribution in [3.8, 4) is 11.5 Å². The van der Waals surface area contributed by atoms with Crippen LogP contribution in [0.15, 0.2) is 52.3 Å². The fourth-order valence-corrected chi connectivity index (χ4v) is 8.52. The van der Waals surface area contributed by atoms with Gasteiger partial charge in [0.05, 0.1) is 28.8 Å². The molecule has 0 aliphatic carbocycles. The number of halogens is 3. The third kappa shape index (κ3) is 5.49. The van der Waals surface area contributed by atoms with E-state index in [-0.39, 0.29) is 24.0 Å². The van der Waals surface area contributed by atoms with Crippen LogP contribution >= 0.6 is 23.1 Å². The number of rotatable bonds is 7. The lowest BCUT2D eigenvalue weighted by molar-refractivity contribution is -0.137. The predicted molar refractivity (Wildman–Crippen MR) is 157 cm³/mol. The van der Waals surface area contributed by atoms with E-state index in [4.69, 9.17) is 9.47 Å². The molecule has 2 aromatic carbocycles. The van der Waals surface area contributed by atoms with E-state index in [9.17, 15) is 32.3 Å². The number of nitrogens with zero attached hydrogens (tertiary/aromatic N) is 2. The first kappa shape index (κ1) is 30.3. The van der Waals surface area contributed by atoms with Crippen molar-refractivity contribution in [1.29, 1.82) is 0 Å². The Balaban J connectivity index is 1.36. The molecule has 1 aromatic heterocycles. The molecule has 14 heteroatoms. The zero-order valence-corrected chi connectivity index (χ0v) is 25.2. The molecular weight excluding hydrogens is 619 g/mol. The van der Waals surface area contributed by atoms with Crippen LogP contribution in [0.2, 0.25) is 0 Å². The molecule has 6 rings (SSSR count). The van der Waals surface area contributed by atoms with Crippen molar-refractivity contribution in [2.24, 2.45) is 5.92 Å². The highest BCUT2D eigenvalue weighted by molar-refractivity contribution is 8.00. The number of aromatic amines is 1. The molecule has 9 nitrogen and oxygen atoms in total. The van der Waals surface area contributed by atoms with Crippen LogP contribution in [0, 0.1) is 5.92 Å². The van der Waals surface area contributed by atoms with E-state index in [0.29, 0.717) is 45.0 Å². The Morgan fingerprint density at radius 1 is 1.00 bits per heavy atom. The van der Waals surface area contributed by atoms with Gasteiger partial charge in [0.15, 0.2) is 18.1 Å². The number of thiazole rings is 1. The van der Waals surface area contributed by atoms with Gasteiger partial charge in [0.1, 0.15) is 5.25 Å². The molecule has 0 bridgehead atoms. The number of carbonyl (C=O) groups is 3. The van der Waals surface area contributed by atoms with Gasteiger partial charge in [-0.15, -0.1) is 0 Å². The minimum atomic E-state index is -4.79. The summed E-state index contributed by atoms with van der Waals surface area (Å²) in [5, 5.41) is -0.677. The summed E-state index contributed by atoms with van der Waals surface area (Å²) in [5.41, 5.74) is -1.11. The largest absolute Gasteiger partial charge is 0.490 e. The molecule has 3 aliphatic heterocycles. The fraction of sp³-hybridized carbons (Fsp3) is 0.400. The average Bonchev–Trinajstić information content (AvgIpc) is 3.50. The van der Waals surface area contributed by atoms with Crippen LogP contribution in [0.25, 0.3) is 0 Å². The highest BCUT2D eigenvalue weighted by Gasteiger charge is 2.57. The van der Waals surface area contributed by atoms with Crippen LogP contribution in [0.5, 0.6) is 11.5 Å². The second-order valence-corrected chi connectivity index (χ2v) is 12.8. The van der Waals surface area contributed by atoms with Gasteiger partial charge >= 0.3 is 11.0 Å². The summed E-state index contributed by atoms with van der Waals surface area (Å²) < 4.78 is 53.4. The molecule has 1 N–H and O–H groups in total. The maximum atomic E-state index is 14.0. The number of H-pyrrole nitrogens is 1. The zero-order valence-electron chi connectivity index (χ0n) is 23.5. The third-order valence-electron chi connectivity index (χ3n) is 7.96. The van der Waals surface area contributed by atoms with Crippen molar-refractivity contribution in [1.82, 2.24) is 9.88 Å². The molecule has 3 amide bonds. The number of benzene rings is 2. The first-order valence-electron chi connectivity index (χ1n) is 14.2. The number of hydrogen-bond acceptors (Lipinski definition) is 8. The van der Waals surface area contributed by atoms with E-state index in [1.165, 1.54) is 12.1 Å². The molecule has 0 spiro atoms. The molecule has 2 fully saturated rings. The molecular formula is C30H28F3N3O6S2.